The topological polar surface area (TPSA) is 84.2 Å². The number of carbonyl (C=O) groups is 1. The van der Waals surface area contributed by atoms with Gasteiger partial charge in [0.05, 0.1) is 11.9 Å². The number of imidazole rings is 1. The lowest BCUT2D eigenvalue weighted by Crippen LogP contribution is -2.36. The average Bonchev–Trinajstić information content (AvgIpc) is 3.14. The van der Waals surface area contributed by atoms with Crippen molar-refractivity contribution in [3.05, 3.63) is 66.2 Å². The molecule has 4 rings (SSSR count). The molecule has 0 atom stereocenters. The number of aromatic nitrogens is 4. The second kappa shape index (κ2) is 9.45. The van der Waals surface area contributed by atoms with Crippen LogP contribution in [0.1, 0.15) is 11.4 Å². The fourth-order valence-corrected chi connectivity index (χ4v) is 3.30. The summed E-state index contributed by atoms with van der Waals surface area (Å²) in [4.78, 5) is 25.2. The van der Waals surface area contributed by atoms with E-state index < -0.39 is 18.8 Å². The minimum Gasteiger partial charge on any atom is -0.329 e. The van der Waals surface area contributed by atoms with E-state index in [1.54, 1.807) is 29.7 Å². The number of carbonyl (C=O) groups excluding carboxylic acids is 1. The van der Waals surface area contributed by atoms with E-state index in [9.17, 15) is 18.0 Å². The molecule has 0 saturated carbocycles. The van der Waals surface area contributed by atoms with E-state index in [1.165, 1.54) is 0 Å². The number of urea groups is 1. The molecule has 2 amide bonds. The number of alkyl halides is 3. The molecule has 11 heteroatoms. The van der Waals surface area contributed by atoms with Gasteiger partial charge in [0.15, 0.2) is 5.82 Å². The van der Waals surface area contributed by atoms with E-state index in [4.69, 9.17) is 0 Å². The molecule has 0 aliphatic rings. The van der Waals surface area contributed by atoms with Crippen LogP contribution in [0.25, 0.3) is 28.3 Å². The third-order valence-corrected chi connectivity index (χ3v) is 4.62. The predicted octanol–water partition coefficient (Wildman–Crippen LogP) is 5.18. The highest BCUT2D eigenvalue weighted by atomic mass is 35.5. The van der Waals surface area contributed by atoms with Gasteiger partial charge in [-0.3, -0.25) is 4.40 Å². The highest BCUT2D eigenvalue weighted by Crippen LogP contribution is 2.26. The summed E-state index contributed by atoms with van der Waals surface area (Å²) < 4.78 is 38.7. The average molecular weight is 477 g/mol. The Morgan fingerprint density at radius 1 is 1.03 bits per heavy atom. The Kier molecular flexibility index (Phi) is 6.87. The van der Waals surface area contributed by atoms with Crippen molar-refractivity contribution in [2.45, 2.75) is 20.0 Å². The van der Waals surface area contributed by atoms with Crippen LogP contribution in [-0.2, 0) is 0 Å². The maximum absolute atomic E-state index is 12.3. The largest absolute Gasteiger partial charge is 0.405 e. The molecule has 4 aromatic rings. The third-order valence-electron chi connectivity index (χ3n) is 4.62. The van der Waals surface area contributed by atoms with Crippen LogP contribution in [0.5, 0.6) is 0 Å². The van der Waals surface area contributed by atoms with Crippen molar-refractivity contribution in [2.75, 3.05) is 11.9 Å². The Morgan fingerprint density at radius 3 is 2.45 bits per heavy atom. The number of pyridine rings is 1. The second-order valence-corrected chi connectivity index (χ2v) is 7.27. The summed E-state index contributed by atoms with van der Waals surface area (Å²) in [7, 11) is 0. The Morgan fingerprint density at radius 2 is 1.76 bits per heavy atom. The van der Waals surface area contributed by atoms with Gasteiger partial charge >= 0.3 is 12.2 Å². The molecule has 0 unspecified atom stereocenters. The third kappa shape index (κ3) is 5.78. The van der Waals surface area contributed by atoms with Gasteiger partial charge in [0.25, 0.3) is 0 Å². The SMILES string of the molecule is Cc1cc(C)nc(-c2ccn3c(-c4cccc(NC(=O)NCC(F)(F)F)c4)cnc3c2)n1.Cl. The fraction of sp³-hybridized carbons (Fsp3) is 0.182. The van der Waals surface area contributed by atoms with Crippen molar-refractivity contribution < 1.29 is 18.0 Å². The van der Waals surface area contributed by atoms with Crippen LogP contribution in [0.15, 0.2) is 54.9 Å². The minimum absolute atomic E-state index is 0. The molecule has 172 valence electrons. The monoisotopic (exact) mass is 476 g/mol. The minimum atomic E-state index is -4.48. The van der Waals surface area contributed by atoms with Crippen LogP contribution in [0.4, 0.5) is 23.7 Å². The van der Waals surface area contributed by atoms with Gasteiger partial charge in [-0.15, -0.1) is 12.4 Å². The lowest BCUT2D eigenvalue weighted by Gasteiger charge is -2.11. The molecular formula is C22H20ClF3N6O. The molecule has 7 nitrogen and oxygen atoms in total. The van der Waals surface area contributed by atoms with E-state index >= 15 is 0 Å². The number of amides is 2. The van der Waals surface area contributed by atoms with E-state index in [1.807, 2.05) is 48.7 Å². The molecule has 3 aromatic heterocycles. The summed E-state index contributed by atoms with van der Waals surface area (Å²) >= 11 is 0. The molecule has 33 heavy (non-hydrogen) atoms. The van der Waals surface area contributed by atoms with Crippen molar-refractivity contribution in [3.8, 4) is 22.6 Å². The molecule has 0 fully saturated rings. The zero-order chi connectivity index (χ0) is 22.9. The zero-order valence-corrected chi connectivity index (χ0v) is 18.5. The highest BCUT2D eigenvalue weighted by Gasteiger charge is 2.27. The zero-order valence-electron chi connectivity index (χ0n) is 17.6. The summed E-state index contributed by atoms with van der Waals surface area (Å²) in [5.41, 5.74) is 5.12. The standard InChI is InChI=1S/C22H19F3N6O.ClH/c1-13-8-14(2)29-20(28-13)16-6-7-31-18(11-26-19(31)10-16)15-4-3-5-17(9-15)30-21(32)27-12-22(23,24)25;/h3-11H,12H2,1-2H3,(H2,27,30,32);1H. The predicted molar refractivity (Wildman–Crippen MR) is 121 cm³/mol. The number of halogens is 4. The van der Waals surface area contributed by atoms with Crippen LogP contribution >= 0.6 is 12.4 Å². The molecule has 0 saturated heterocycles. The number of benzene rings is 1. The summed E-state index contributed by atoms with van der Waals surface area (Å²) in [6, 6.07) is 11.5. The first-order valence-corrected chi connectivity index (χ1v) is 9.70. The van der Waals surface area contributed by atoms with Crippen molar-refractivity contribution in [3.63, 3.8) is 0 Å². The first-order chi connectivity index (χ1) is 15.2. The summed E-state index contributed by atoms with van der Waals surface area (Å²) in [6.07, 6.45) is -0.939. The number of nitrogens with one attached hydrogen (secondary N) is 2. The normalized spacial score (nSPS) is 11.2. The quantitative estimate of drug-likeness (QED) is 0.425. The maximum atomic E-state index is 12.3. The van der Waals surface area contributed by atoms with Gasteiger partial charge in [-0.05, 0) is 44.2 Å². The smallest absolute Gasteiger partial charge is 0.329 e. The lowest BCUT2D eigenvalue weighted by atomic mass is 10.1. The highest BCUT2D eigenvalue weighted by molar-refractivity contribution is 5.90. The van der Waals surface area contributed by atoms with E-state index in [0.717, 1.165) is 28.2 Å². The molecule has 3 heterocycles. The van der Waals surface area contributed by atoms with Gasteiger partial charge < -0.3 is 10.6 Å². The van der Waals surface area contributed by atoms with Crippen LogP contribution in [0.2, 0.25) is 0 Å². The van der Waals surface area contributed by atoms with Crippen LogP contribution in [-0.4, -0.2) is 38.1 Å². The molecule has 0 radical (unpaired) electrons. The van der Waals surface area contributed by atoms with Crippen LogP contribution in [0.3, 0.4) is 0 Å². The van der Waals surface area contributed by atoms with Gasteiger partial charge in [-0.2, -0.15) is 13.2 Å². The van der Waals surface area contributed by atoms with E-state index in [2.05, 4.69) is 20.3 Å². The first kappa shape index (κ1) is 24.0. The number of hydrogen-bond acceptors (Lipinski definition) is 4. The maximum Gasteiger partial charge on any atom is 0.405 e. The number of hydrogen-bond donors (Lipinski definition) is 2. The molecular weight excluding hydrogens is 457 g/mol. The Labute approximate surface area is 193 Å². The summed E-state index contributed by atoms with van der Waals surface area (Å²) in [6.45, 7) is 2.42. The van der Waals surface area contributed by atoms with Crippen LogP contribution < -0.4 is 10.6 Å². The second-order valence-electron chi connectivity index (χ2n) is 7.27. The number of anilines is 1. The Hall–Kier alpha value is -3.66. The molecule has 1 aromatic carbocycles. The Bertz CT molecular complexity index is 1280. The van der Waals surface area contributed by atoms with E-state index in [0.29, 0.717) is 17.2 Å². The van der Waals surface area contributed by atoms with Gasteiger partial charge in [0.2, 0.25) is 0 Å². The molecule has 0 bridgehead atoms. The van der Waals surface area contributed by atoms with Gasteiger partial charge in [-0.1, -0.05) is 12.1 Å². The Balaban J connectivity index is 0.00000306. The summed E-state index contributed by atoms with van der Waals surface area (Å²) in [5.74, 6) is 0.616. The van der Waals surface area contributed by atoms with Crippen molar-refractivity contribution in [2.24, 2.45) is 0 Å². The van der Waals surface area contributed by atoms with Crippen molar-refractivity contribution >= 4 is 29.8 Å². The molecule has 0 spiro atoms. The van der Waals surface area contributed by atoms with Gasteiger partial charge in [0.1, 0.15) is 12.2 Å². The van der Waals surface area contributed by atoms with Gasteiger partial charge in [0, 0.05) is 34.4 Å². The van der Waals surface area contributed by atoms with Crippen LogP contribution in [0, 0.1) is 13.8 Å². The molecule has 0 aliphatic heterocycles. The van der Waals surface area contributed by atoms with Crippen molar-refractivity contribution in [1.82, 2.24) is 24.7 Å². The lowest BCUT2D eigenvalue weighted by molar-refractivity contribution is -0.122. The van der Waals surface area contributed by atoms with Gasteiger partial charge in [-0.25, -0.2) is 19.7 Å². The first-order valence-electron chi connectivity index (χ1n) is 9.70. The van der Waals surface area contributed by atoms with E-state index in [-0.39, 0.29) is 12.4 Å². The number of aryl methyl sites for hydroxylation is 2. The summed E-state index contributed by atoms with van der Waals surface area (Å²) in [5, 5.41) is 4.19. The molecule has 2 N–H and O–H groups in total. The fourth-order valence-electron chi connectivity index (χ4n) is 3.30. The van der Waals surface area contributed by atoms with Crippen molar-refractivity contribution in [1.29, 1.82) is 0 Å². The number of fused-ring (bicyclic) bond motifs is 1. The number of rotatable bonds is 4. The molecule has 0 aliphatic carbocycles. The number of nitrogens with zero attached hydrogens (tertiary/aromatic N) is 4.